The second-order valence-electron chi connectivity index (χ2n) is 8.57. The van der Waals surface area contributed by atoms with Crippen molar-refractivity contribution in [1.82, 2.24) is 4.57 Å². The number of hydrogen-bond acceptors (Lipinski definition) is 6. The molecule has 8 nitrogen and oxygen atoms in total. The van der Waals surface area contributed by atoms with Gasteiger partial charge in [0.2, 0.25) is 5.78 Å². The van der Waals surface area contributed by atoms with Crippen LogP contribution < -0.4 is 4.90 Å². The maximum atomic E-state index is 12.6. The molecular weight excluding hydrogens is 410 g/mol. The molecule has 1 aromatic heterocycles. The number of ketones is 1. The Kier molecular flexibility index (Phi) is 7.33. The SMILES string of the molecule is CCCn1c(C)cc(C(=O)COC(=O)c2ccc(N3CCC(C)CC3)c([N+](=O)[O-])c2)c1C. The molecule has 1 aromatic carbocycles. The zero-order valence-corrected chi connectivity index (χ0v) is 19.2. The van der Waals surface area contributed by atoms with E-state index in [1.165, 1.54) is 12.1 Å². The Hall–Kier alpha value is -3.16. The molecular formula is C24H31N3O5. The summed E-state index contributed by atoms with van der Waals surface area (Å²) in [6.07, 6.45) is 2.90. The third-order valence-electron chi connectivity index (χ3n) is 6.19. The highest BCUT2D eigenvalue weighted by Crippen LogP contribution is 2.32. The molecule has 0 unspecified atom stereocenters. The smallest absolute Gasteiger partial charge is 0.338 e. The standard InChI is InChI=1S/C24H31N3O5/c1-5-10-26-17(3)13-20(18(26)4)23(28)15-32-24(29)19-6-7-21(22(14-19)27(30)31)25-11-8-16(2)9-12-25/h6-7,13-14,16H,5,8-12,15H2,1-4H3. The molecule has 0 bridgehead atoms. The van der Waals surface area contributed by atoms with E-state index < -0.39 is 17.5 Å². The molecule has 32 heavy (non-hydrogen) atoms. The number of aromatic nitrogens is 1. The summed E-state index contributed by atoms with van der Waals surface area (Å²) in [5.74, 6) is -0.437. The van der Waals surface area contributed by atoms with Crippen molar-refractivity contribution in [1.29, 1.82) is 0 Å². The molecule has 8 heteroatoms. The van der Waals surface area contributed by atoms with Gasteiger partial charge in [0, 0.05) is 42.7 Å². The Morgan fingerprint density at radius 2 is 1.88 bits per heavy atom. The van der Waals surface area contributed by atoms with Gasteiger partial charge in [-0.1, -0.05) is 13.8 Å². The van der Waals surface area contributed by atoms with Crippen LogP contribution in [0.1, 0.15) is 65.2 Å². The van der Waals surface area contributed by atoms with E-state index >= 15 is 0 Å². The normalized spacial score (nSPS) is 14.4. The summed E-state index contributed by atoms with van der Waals surface area (Å²) in [4.78, 5) is 38.3. The Bertz CT molecular complexity index is 1020. The van der Waals surface area contributed by atoms with Crippen LogP contribution in [0.15, 0.2) is 24.3 Å². The topological polar surface area (TPSA) is 94.7 Å². The van der Waals surface area contributed by atoms with Gasteiger partial charge < -0.3 is 14.2 Å². The number of piperidine rings is 1. The molecule has 0 spiro atoms. The Balaban J connectivity index is 1.71. The average Bonchev–Trinajstić information content (AvgIpc) is 3.06. The highest BCUT2D eigenvalue weighted by molar-refractivity contribution is 6.00. The number of ether oxygens (including phenoxy) is 1. The summed E-state index contributed by atoms with van der Waals surface area (Å²) in [5.41, 5.74) is 2.82. The van der Waals surface area contributed by atoms with Gasteiger partial charge in [-0.25, -0.2) is 4.79 Å². The van der Waals surface area contributed by atoms with E-state index in [1.54, 1.807) is 12.1 Å². The Morgan fingerprint density at radius 3 is 2.50 bits per heavy atom. The molecule has 0 aliphatic carbocycles. The van der Waals surface area contributed by atoms with Crippen molar-refractivity contribution in [3.8, 4) is 0 Å². The van der Waals surface area contributed by atoms with Gasteiger partial charge in [-0.05, 0) is 57.2 Å². The first kappa shape index (κ1) is 23.5. The fourth-order valence-corrected chi connectivity index (χ4v) is 4.26. The maximum absolute atomic E-state index is 12.6. The van der Waals surface area contributed by atoms with Gasteiger partial charge in [-0.2, -0.15) is 0 Å². The van der Waals surface area contributed by atoms with E-state index in [1.807, 2.05) is 18.7 Å². The van der Waals surface area contributed by atoms with Crippen molar-refractivity contribution < 1.29 is 19.2 Å². The van der Waals surface area contributed by atoms with E-state index in [0.29, 0.717) is 17.2 Å². The number of nitro benzene ring substituents is 1. The predicted octanol–water partition coefficient (Wildman–Crippen LogP) is 4.70. The lowest BCUT2D eigenvalue weighted by molar-refractivity contribution is -0.384. The molecule has 0 amide bonds. The molecule has 2 aromatic rings. The summed E-state index contributed by atoms with van der Waals surface area (Å²) < 4.78 is 7.28. The highest BCUT2D eigenvalue weighted by Gasteiger charge is 2.25. The number of esters is 1. The first-order valence-corrected chi connectivity index (χ1v) is 11.1. The van der Waals surface area contributed by atoms with Crippen LogP contribution >= 0.6 is 0 Å². The number of anilines is 1. The third kappa shape index (κ3) is 5.00. The summed E-state index contributed by atoms with van der Waals surface area (Å²) in [6, 6.07) is 6.18. The lowest BCUT2D eigenvalue weighted by Gasteiger charge is -2.31. The van der Waals surface area contributed by atoms with E-state index in [-0.39, 0.29) is 17.0 Å². The first-order chi connectivity index (χ1) is 15.2. The fraction of sp³-hybridized carbons (Fsp3) is 0.500. The van der Waals surface area contributed by atoms with Crippen molar-refractivity contribution in [2.45, 2.75) is 53.5 Å². The number of carbonyl (C=O) groups excluding carboxylic acids is 2. The van der Waals surface area contributed by atoms with Crippen LogP contribution in [-0.2, 0) is 11.3 Å². The predicted molar refractivity (Wildman–Crippen MR) is 123 cm³/mol. The minimum Gasteiger partial charge on any atom is -0.454 e. The van der Waals surface area contributed by atoms with Crippen molar-refractivity contribution in [3.05, 3.63) is 56.9 Å². The number of Topliss-reactive ketones (excluding diaryl/α,β-unsaturated/α-hetero) is 1. The molecule has 2 heterocycles. The first-order valence-electron chi connectivity index (χ1n) is 11.1. The van der Waals surface area contributed by atoms with Gasteiger partial charge in [0.05, 0.1) is 10.5 Å². The second-order valence-corrected chi connectivity index (χ2v) is 8.57. The van der Waals surface area contributed by atoms with Crippen LogP contribution in [0.4, 0.5) is 11.4 Å². The number of aryl methyl sites for hydroxylation is 1. The highest BCUT2D eigenvalue weighted by atomic mass is 16.6. The quantitative estimate of drug-likeness (QED) is 0.255. The van der Waals surface area contributed by atoms with Crippen LogP contribution in [-0.4, -0.2) is 40.9 Å². The summed E-state index contributed by atoms with van der Waals surface area (Å²) in [5, 5.41) is 11.6. The van der Waals surface area contributed by atoms with Crippen LogP contribution in [0.5, 0.6) is 0 Å². The number of nitro groups is 1. The fourth-order valence-electron chi connectivity index (χ4n) is 4.26. The average molecular weight is 442 g/mol. The number of nitrogens with zero attached hydrogens (tertiary/aromatic N) is 3. The molecule has 172 valence electrons. The molecule has 0 saturated carbocycles. The Morgan fingerprint density at radius 1 is 1.19 bits per heavy atom. The van der Waals surface area contributed by atoms with Crippen LogP contribution in [0.25, 0.3) is 0 Å². The Labute approximate surface area is 188 Å². The molecule has 3 rings (SSSR count). The maximum Gasteiger partial charge on any atom is 0.338 e. The monoisotopic (exact) mass is 441 g/mol. The zero-order chi connectivity index (χ0) is 23.4. The lowest BCUT2D eigenvalue weighted by Crippen LogP contribution is -2.33. The zero-order valence-electron chi connectivity index (χ0n) is 19.2. The molecule has 1 aliphatic heterocycles. The number of hydrogen-bond donors (Lipinski definition) is 0. The minimum absolute atomic E-state index is 0.0649. The molecule has 0 radical (unpaired) electrons. The van der Waals surface area contributed by atoms with Gasteiger partial charge in [0.25, 0.3) is 5.69 Å². The third-order valence-corrected chi connectivity index (χ3v) is 6.19. The number of carbonyl (C=O) groups is 2. The lowest BCUT2D eigenvalue weighted by atomic mass is 9.98. The van der Waals surface area contributed by atoms with E-state index in [9.17, 15) is 19.7 Å². The van der Waals surface area contributed by atoms with E-state index in [2.05, 4.69) is 18.4 Å². The second kappa shape index (κ2) is 9.97. The van der Waals surface area contributed by atoms with Crippen LogP contribution in [0.3, 0.4) is 0 Å². The van der Waals surface area contributed by atoms with Crippen molar-refractivity contribution in [3.63, 3.8) is 0 Å². The summed E-state index contributed by atoms with van der Waals surface area (Å²) >= 11 is 0. The van der Waals surface area contributed by atoms with Gasteiger partial charge in [-0.15, -0.1) is 0 Å². The molecule has 1 saturated heterocycles. The van der Waals surface area contributed by atoms with Gasteiger partial charge in [0.15, 0.2) is 6.61 Å². The summed E-state index contributed by atoms with van der Waals surface area (Å²) in [7, 11) is 0. The molecule has 0 N–H and O–H groups in total. The van der Waals surface area contributed by atoms with Gasteiger partial charge >= 0.3 is 5.97 Å². The minimum atomic E-state index is -0.748. The molecule has 1 fully saturated rings. The van der Waals surface area contributed by atoms with Crippen LogP contribution in [0, 0.1) is 29.9 Å². The number of rotatable bonds is 8. The van der Waals surface area contributed by atoms with E-state index in [0.717, 1.165) is 50.3 Å². The largest absolute Gasteiger partial charge is 0.454 e. The van der Waals surface area contributed by atoms with Gasteiger partial charge in [0.1, 0.15) is 5.69 Å². The molecule has 1 aliphatic rings. The van der Waals surface area contributed by atoms with Crippen molar-refractivity contribution in [2.24, 2.45) is 5.92 Å². The molecule has 0 atom stereocenters. The van der Waals surface area contributed by atoms with Gasteiger partial charge in [-0.3, -0.25) is 14.9 Å². The summed E-state index contributed by atoms with van der Waals surface area (Å²) in [6.45, 7) is 9.96. The van der Waals surface area contributed by atoms with Crippen molar-refractivity contribution in [2.75, 3.05) is 24.6 Å². The number of benzene rings is 1. The van der Waals surface area contributed by atoms with Crippen LogP contribution in [0.2, 0.25) is 0 Å². The van der Waals surface area contributed by atoms with Crippen molar-refractivity contribution >= 4 is 23.1 Å². The van der Waals surface area contributed by atoms with E-state index in [4.69, 9.17) is 4.74 Å².